The minimum atomic E-state index is -4.49. The first-order valence-corrected chi connectivity index (χ1v) is 7.09. The van der Waals surface area contributed by atoms with E-state index in [0.717, 1.165) is 18.2 Å². The SMILES string of the molecule is COC1OC(=O)c2ccc(Oc3ccc(C(F)(F)F)cc3Cl)cc21. The van der Waals surface area contributed by atoms with Gasteiger partial charge >= 0.3 is 12.1 Å². The lowest BCUT2D eigenvalue weighted by atomic mass is 10.1. The first kappa shape index (κ1) is 16.6. The number of rotatable bonds is 3. The van der Waals surface area contributed by atoms with Gasteiger partial charge in [-0.05, 0) is 36.4 Å². The van der Waals surface area contributed by atoms with Crippen LogP contribution in [0, 0.1) is 0 Å². The highest BCUT2D eigenvalue weighted by Gasteiger charge is 2.32. The van der Waals surface area contributed by atoms with Crippen LogP contribution >= 0.6 is 11.6 Å². The molecule has 2 aromatic rings. The van der Waals surface area contributed by atoms with Crippen molar-refractivity contribution in [2.75, 3.05) is 7.11 Å². The summed E-state index contributed by atoms with van der Waals surface area (Å²) in [6.07, 6.45) is -5.34. The molecule has 1 aliphatic rings. The van der Waals surface area contributed by atoms with E-state index < -0.39 is 24.0 Å². The zero-order valence-corrected chi connectivity index (χ0v) is 12.9. The van der Waals surface area contributed by atoms with Gasteiger partial charge in [0.05, 0.1) is 16.1 Å². The number of carbonyl (C=O) groups excluding carboxylic acids is 1. The van der Waals surface area contributed by atoms with Crippen molar-refractivity contribution in [2.24, 2.45) is 0 Å². The molecule has 0 radical (unpaired) electrons. The number of esters is 1. The molecule has 3 rings (SSSR count). The summed E-state index contributed by atoms with van der Waals surface area (Å²) in [5, 5.41) is -0.180. The second kappa shape index (κ2) is 5.99. The van der Waals surface area contributed by atoms with Crippen LogP contribution in [0.15, 0.2) is 36.4 Å². The van der Waals surface area contributed by atoms with Crippen molar-refractivity contribution in [3.05, 3.63) is 58.1 Å². The maximum atomic E-state index is 12.6. The molecule has 0 spiro atoms. The summed E-state index contributed by atoms with van der Waals surface area (Å²) in [6, 6.07) is 7.29. The Labute approximate surface area is 139 Å². The van der Waals surface area contributed by atoms with Gasteiger partial charge in [0.25, 0.3) is 0 Å². The third-order valence-electron chi connectivity index (χ3n) is 3.41. The highest BCUT2D eigenvalue weighted by Crippen LogP contribution is 2.38. The third-order valence-corrected chi connectivity index (χ3v) is 3.71. The molecule has 0 fully saturated rings. The summed E-state index contributed by atoms with van der Waals surface area (Å²) in [6.45, 7) is 0. The Balaban J connectivity index is 1.89. The largest absolute Gasteiger partial charge is 0.456 e. The summed E-state index contributed by atoms with van der Waals surface area (Å²) in [4.78, 5) is 11.6. The van der Waals surface area contributed by atoms with Gasteiger partial charge in [-0.3, -0.25) is 0 Å². The van der Waals surface area contributed by atoms with Gasteiger partial charge in [-0.2, -0.15) is 13.2 Å². The number of ether oxygens (including phenoxy) is 3. The minimum absolute atomic E-state index is 0.0591. The smallest absolute Gasteiger partial charge is 0.416 e. The Morgan fingerprint density at radius 1 is 1.17 bits per heavy atom. The zero-order chi connectivity index (χ0) is 17.5. The van der Waals surface area contributed by atoms with Crippen LogP contribution in [0.3, 0.4) is 0 Å². The lowest BCUT2D eigenvalue weighted by molar-refractivity contribution is -0.137. The Kier molecular flexibility index (Phi) is 4.15. The molecular weight excluding hydrogens is 349 g/mol. The highest BCUT2D eigenvalue weighted by atomic mass is 35.5. The lowest BCUT2D eigenvalue weighted by Gasteiger charge is -2.12. The zero-order valence-electron chi connectivity index (χ0n) is 12.2. The predicted molar refractivity (Wildman–Crippen MR) is 78.1 cm³/mol. The molecule has 0 saturated heterocycles. The van der Waals surface area contributed by atoms with Crippen LogP contribution in [0.5, 0.6) is 11.5 Å². The van der Waals surface area contributed by atoms with Crippen LogP contribution < -0.4 is 4.74 Å². The van der Waals surface area contributed by atoms with E-state index in [0.29, 0.717) is 11.1 Å². The Morgan fingerprint density at radius 3 is 2.54 bits per heavy atom. The van der Waals surface area contributed by atoms with Crippen molar-refractivity contribution in [3.63, 3.8) is 0 Å². The van der Waals surface area contributed by atoms with Gasteiger partial charge in [0, 0.05) is 12.7 Å². The van der Waals surface area contributed by atoms with Crippen molar-refractivity contribution < 1.29 is 32.2 Å². The lowest BCUT2D eigenvalue weighted by Crippen LogP contribution is -2.04. The van der Waals surface area contributed by atoms with Gasteiger partial charge in [0.15, 0.2) is 0 Å². The number of methoxy groups -OCH3 is 1. The van der Waals surface area contributed by atoms with E-state index in [1.807, 2.05) is 0 Å². The third kappa shape index (κ3) is 3.05. The number of hydrogen-bond donors (Lipinski definition) is 0. The molecule has 1 aliphatic heterocycles. The fourth-order valence-corrected chi connectivity index (χ4v) is 2.49. The van der Waals surface area contributed by atoms with E-state index >= 15 is 0 Å². The van der Waals surface area contributed by atoms with E-state index in [-0.39, 0.29) is 16.5 Å². The average Bonchev–Trinajstić information content (AvgIpc) is 2.84. The molecule has 2 aromatic carbocycles. The van der Waals surface area contributed by atoms with Crippen molar-refractivity contribution in [1.82, 2.24) is 0 Å². The van der Waals surface area contributed by atoms with Crippen molar-refractivity contribution >= 4 is 17.6 Å². The molecule has 8 heteroatoms. The van der Waals surface area contributed by atoms with Gasteiger partial charge in [-0.15, -0.1) is 0 Å². The molecular formula is C16H10ClF3O4. The number of fused-ring (bicyclic) bond motifs is 1. The second-order valence-electron chi connectivity index (χ2n) is 4.97. The number of alkyl halides is 3. The molecule has 0 aliphatic carbocycles. The van der Waals surface area contributed by atoms with Crippen molar-refractivity contribution in [3.8, 4) is 11.5 Å². The quantitative estimate of drug-likeness (QED) is 0.727. The van der Waals surface area contributed by atoms with Crippen LogP contribution in [0.1, 0.15) is 27.8 Å². The van der Waals surface area contributed by atoms with Crippen LogP contribution in [-0.2, 0) is 15.7 Å². The summed E-state index contributed by atoms with van der Waals surface area (Å²) in [7, 11) is 1.38. The molecule has 0 saturated carbocycles. The van der Waals surface area contributed by atoms with Gasteiger partial charge in [0.1, 0.15) is 11.5 Å². The van der Waals surface area contributed by atoms with Crippen LogP contribution in [0.4, 0.5) is 13.2 Å². The van der Waals surface area contributed by atoms with E-state index in [9.17, 15) is 18.0 Å². The van der Waals surface area contributed by atoms with E-state index in [2.05, 4.69) is 0 Å². The normalized spacial score (nSPS) is 16.7. The summed E-state index contributed by atoms with van der Waals surface area (Å²) in [5.41, 5.74) is -0.0528. The molecule has 4 nitrogen and oxygen atoms in total. The number of carbonyl (C=O) groups is 1. The van der Waals surface area contributed by atoms with Gasteiger partial charge in [-0.25, -0.2) is 4.79 Å². The average molecular weight is 359 g/mol. The van der Waals surface area contributed by atoms with Crippen molar-refractivity contribution in [1.29, 1.82) is 0 Å². The fraction of sp³-hybridized carbons (Fsp3) is 0.188. The first-order chi connectivity index (χ1) is 11.3. The molecule has 0 aromatic heterocycles. The van der Waals surface area contributed by atoms with Gasteiger partial charge in [0.2, 0.25) is 6.29 Å². The highest BCUT2D eigenvalue weighted by molar-refractivity contribution is 6.32. The Morgan fingerprint density at radius 2 is 1.92 bits per heavy atom. The predicted octanol–water partition coefficient (Wildman–Crippen LogP) is 4.97. The van der Waals surface area contributed by atoms with Crippen LogP contribution in [0.2, 0.25) is 5.02 Å². The van der Waals surface area contributed by atoms with Crippen LogP contribution in [0.25, 0.3) is 0 Å². The first-order valence-electron chi connectivity index (χ1n) is 6.72. The maximum Gasteiger partial charge on any atom is 0.416 e. The van der Waals surface area contributed by atoms with Gasteiger partial charge in [-0.1, -0.05) is 11.6 Å². The molecule has 24 heavy (non-hydrogen) atoms. The molecule has 0 amide bonds. The molecule has 0 N–H and O–H groups in total. The summed E-state index contributed by atoms with van der Waals surface area (Å²) >= 11 is 5.85. The maximum absolute atomic E-state index is 12.6. The number of benzene rings is 2. The van der Waals surface area contributed by atoms with Gasteiger partial charge < -0.3 is 14.2 Å². The topological polar surface area (TPSA) is 44.8 Å². The van der Waals surface area contributed by atoms with E-state index in [1.54, 1.807) is 0 Å². The fourth-order valence-electron chi connectivity index (χ4n) is 2.27. The van der Waals surface area contributed by atoms with Crippen molar-refractivity contribution in [2.45, 2.75) is 12.5 Å². The Hall–Kier alpha value is -2.25. The number of cyclic esters (lactones) is 1. The summed E-state index contributed by atoms with van der Waals surface area (Å²) in [5.74, 6) is -0.171. The number of halogens is 4. The van der Waals surface area contributed by atoms with Crippen LogP contribution in [-0.4, -0.2) is 13.1 Å². The second-order valence-corrected chi connectivity index (χ2v) is 5.37. The minimum Gasteiger partial charge on any atom is -0.456 e. The summed E-state index contributed by atoms with van der Waals surface area (Å²) < 4.78 is 53.5. The molecule has 1 heterocycles. The van der Waals surface area contributed by atoms with E-state index in [1.165, 1.54) is 25.3 Å². The molecule has 1 unspecified atom stereocenters. The standard InChI is InChI=1S/C16H10ClF3O4/c1-22-15-11-7-9(3-4-10(11)14(21)24-15)23-13-5-2-8(6-12(13)17)16(18,19)20/h2-7,15H,1H3. The monoisotopic (exact) mass is 358 g/mol. The number of hydrogen-bond acceptors (Lipinski definition) is 4. The molecule has 1 atom stereocenters. The Bertz CT molecular complexity index is 804. The van der Waals surface area contributed by atoms with E-state index in [4.69, 9.17) is 25.8 Å². The molecule has 126 valence electrons. The molecule has 0 bridgehead atoms.